The van der Waals surface area contributed by atoms with E-state index >= 15 is 0 Å². The fourth-order valence-corrected chi connectivity index (χ4v) is 2.67. The summed E-state index contributed by atoms with van der Waals surface area (Å²) in [6, 6.07) is 10.3. The molecule has 78 valence electrons. The summed E-state index contributed by atoms with van der Waals surface area (Å²) in [6.07, 6.45) is 1.64. The molecule has 3 rings (SSSR count). The van der Waals surface area contributed by atoms with Gasteiger partial charge in [0.05, 0.1) is 15.9 Å². The predicted molar refractivity (Wildman–Crippen MR) is 67.6 cm³/mol. The number of hydrogen-bond acceptors (Lipinski definition) is 3. The monoisotopic (exact) mass is 226 g/mol. The quantitative estimate of drug-likeness (QED) is 0.632. The lowest BCUT2D eigenvalue weighted by atomic mass is 10.1. The van der Waals surface area contributed by atoms with Crippen molar-refractivity contribution in [2.45, 2.75) is 6.92 Å². The molecule has 0 saturated carbocycles. The number of benzene rings is 1. The minimum absolute atomic E-state index is 1.03. The van der Waals surface area contributed by atoms with Gasteiger partial charge in [-0.3, -0.25) is 0 Å². The molecule has 3 aromatic rings. The number of nitrogens with zero attached hydrogens (tertiary/aromatic N) is 2. The first-order chi connectivity index (χ1) is 7.86. The van der Waals surface area contributed by atoms with E-state index in [9.17, 15) is 0 Å². The maximum Gasteiger partial charge on any atom is 0.116 e. The van der Waals surface area contributed by atoms with Gasteiger partial charge in [0.1, 0.15) is 6.33 Å². The van der Waals surface area contributed by atoms with Crippen LogP contribution >= 0.6 is 11.3 Å². The van der Waals surface area contributed by atoms with Crippen LogP contribution in [0.5, 0.6) is 0 Å². The van der Waals surface area contributed by atoms with Gasteiger partial charge in [-0.15, -0.1) is 11.3 Å². The second kappa shape index (κ2) is 3.68. The van der Waals surface area contributed by atoms with Crippen LogP contribution in [0.1, 0.15) is 5.56 Å². The van der Waals surface area contributed by atoms with Crippen molar-refractivity contribution in [3.8, 4) is 11.3 Å². The first-order valence-corrected chi connectivity index (χ1v) is 5.98. The molecule has 0 aliphatic heterocycles. The molecule has 0 amide bonds. The van der Waals surface area contributed by atoms with Crippen molar-refractivity contribution >= 4 is 21.6 Å². The highest BCUT2D eigenvalue weighted by Crippen LogP contribution is 2.30. The van der Waals surface area contributed by atoms with Crippen molar-refractivity contribution in [3.63, 3.8) is 0 Å². The predicted octanol–water partition coefficient (Wildman–Crippen LogP) is 3.67. The lowest BCUT2D eigenvalue weighted by Gasteiger charge is -2.04. The Balaban J connectivity index is 2.34. The van der Waals surface area contributed by atoms with E-state index in [-0.39, 0.29) is 0 Å². The minimum Gasteiger partial charge on any atom is -0.235 e. The van der Waals surface area contributed by atoms with Gasteiger partial charge in [-0.1, -0.05) is 24.3 Å². The number of rotatable bonds is 1. The van der Waals surface area contributed by atoms with Gasteiger partial charge >= 0.3 is 0 Å². The van der Waals surface area contributed by atoms with Crippen LogP contribution in [0.2, 0.25) is 0 Å². The standard InChI is InChI=1S/C13H10N2S/c1-9-4-2-3-5-10(9)12-13-11(6-7-16-13)14-8-15-12/h2-8H,1H3. The van der Waals surface area contributed by atoms with E-state index in [1.807, 2.05) is 18.2 Å². The van der Waals surface area contributed by atoms with Gasteiger partial charge in [0.25, 0.3) is 0 Å². The van der Waals surface area contributed by atoms with Gasteiger partial charge in [-0.25, -0.2) is 9.97 Å². The molecule has 0 fully saturated rings. The van der Waals surface area contributed by atoms with Crippen molar-refractivity contribution < 1.29 is 0 Å². The largest absolute Gasteiger partial charge is 0.235 e. The van der Waals surface area contributed by atoms with Crippen LogP contribution in [0.4, 0.5) is 0 Å². The van der Waals surface area contributed by atoms with E-state index in [0.29, 0.717) is 0 Å². The van der Waals surface area contributed by atoms with E-state index in [4.69, 9.17) is 0 Å². The number of aromatic nitrogens is 2. The van der Waals surface area contributed by atoms with Gasteiger partial charge in [0.2, 0.25) is 0 Å². The average molecular weight is 226 g/mol. The van der Waals surface area contributed by atoms with Crippen LogP contribution in [0, 0.1) is 6.92 Å². The van der Waals surface area contributed by atoms with Crippen LogP contribution in [-0.4, -0.2) is 9.97 Å². The third kappa shape index (κ3) is 1.41. The van der Waals surface area contributed by atoms with Crippen LogP contribution in [0.25, 0.3) is 21.5 Å². The average Bonchev–Trinajstić information content (AvgIpc) is 2.77. The Labute approximate surface area is 97.6 Å². The molecule has 0 atom stereocenters. The Morgan fingerprint density at radius 3 is 2.81 bits per heavy atom. The third-order valence-corrected chi connectivity index (χ3v) is 3.55. The highest BCUT2D eigenvalue weighted by atomic mass is 32.1. The lowest BCUT2D eigenvalue weighted by Crippen LogP contribution is -1.88. The van der Waals surface area contributed by atoms with E-state index in [1.54, 1.807) is 17.7 Å². The van der Waals surface area contributed by atoms with Crippen LogP contribution in [-0.2, 0) is 0 Å². The smallest absolute Gasteiger partial charge is 0.116 e. The van der Waals surface area contributed by atoms with Gasteiger partial charge < -0.3 is 0 Å². The molecule has 0 saturated heterocycles. The summed E-state index contributed by atoms with van der Waals surface area (Å²) >= 11 is 1.69. The third-order valence-electron chi connectivity index (χ3n) is 2.64. The Bertz CT molecular complexity index is 643. The Morgan fingerprint density at radius 1 is 1.06 bits per heavy atom. The van der Waals surface area contributed by atoms with Crippen molar-refractivity contribution in [1.82, 2.24) is 9.97 Å². The van der Waals surface area contributed by atoms with E-state index < -0.39 is 0 Å². The SMILES string of the molecule is Cc1ccccc1-c1ncnc2ccsc12. The molecule has 2 aromatic heterocycles. The van der Waals surface area contributed by atoms with Crippen molar-refractivity contribution in [2.75, 3.05) is 0 Å². The second-order valence-corrected chi connectivity index (χ2v) is 4.59. The normalized spacial score (nSPS) is 10.8. The summed E-state index contributed by atoms with van der Waals surface area (Å²) in [5.41, 5.74) is 4.50. The molecule has 0 N–H and O–H groups in total. The van der Waals surface area contributed by atoms with E-state index in [0.717, 1.165) is 15.9 Å². The maximum absolute atomic E-state index is 4.41. The summed E-state index contributed by atoms with van der Waals surface area (Å²) in [6.45, 7) is 2.11. The van der Waals surface area contributed by atoms with Crippen molar-refractivity contribution in [3.05, 3.63) is 47.6 Å². The molecule has 2 nitrogen and oxygen atoms in total. The summed E-state index contributed by atoms with van der Waals surface area (Å²) < 4.78 is 1.16. The highest BCUT2D eigenvalue weighted by molar-refractivity contribution is 7.17. The zero-order valence-corrected chi connectivity index (χ0v) is 9.66. The Kier molecular flexibility index (Phi) is 2.18. The topological polar surface area (TPSA) is 25.8 Å². The molecule has 3 heteroatoms. The number of fused-ring (bicyclic) bond motifs is 1. The lowest BCUT2D eigenvalue weighted by molar-refractivity contribution is 1.23. The molecule has 0 unspecified atom stereocenters. The summed E-state index contributed by atoms with van der Waals surface area (Å²) in [5, 5.41) is 2.06. The Morgan fingerprint density at radius 2 is 1.94 bits per heavy atom. The molecule has 1 aromatic carbocycles. The first-order valence-electron chi connectivity index (χ1n) is 5.10. The van der Waals surface area contributed by atoms with Crippen molar-refractivity contribution in [1.29, 1.82) is 0 Å². The highest BCUT2D eigenvalue weighted by Gasteiger charge is 2.08. The molecule has 0 radical (unpaired) electrons. The number of hydrogen-bond donors (Lipinski definition) is 0. The fourth-order valence-electron chi connectivity index (χ4n) is 1.82. The summed E-state index contributed by atoms with van der Waals surface area (Å²) in [7, 11) is 0. The summed E-state index contributed by atoms with van der Waals surface area (Å²) in [5.74, 6) is 0. The molecule has 0 aliphatic carbocycles. The van der Waals surface area contributed by atoms with Crippen molar-refractivity contribution in [2.24, 2.45) is 0 Å². The number of aryl methyl sites for hydroxylation is 1. The van der Waals surface area contributed by atoms with Crippen LogP contribution in [0.3, 0.4) is 0 Å². The zero-order chi connectivity index (χ0) is 11.0. The molecule has 16 heavy (non-hydrogen) atoms. The first kappa shape index (κ1) is 9.48. The zero-order valence-electron chi connectivity index (χ0n) is 8.84. The number of thiophene rings is 1. The van der Waals surface area contributed by atoms with Gasteiger partial charge in [0.15, 0.2) is 0 Å². The second-order valence-electron chi connectivity index (χ2n) is 3.67. The molecular formula is C13H10N2S. The minimum atomic E-state index is 1.03. The van der Waals surface area contributed by atoms with Gasteiger partial charge in [-0.2, -0.15) is 0 Å². The van der Waals surface area contributed by atoms with E-state index in [2.05, 4.69) is 34.4 Å². The molecular weight excluding hydrogens is 216 g/mol. The van der Waals surface area contributed by atoms with Crippen LogP contribution < -0.4 is 0 Å². The summed E-state index contributed by atoms with van der Waals surface area (Å²) in [4.78, 5) is 8.67. The van der Waals surface area contributed by atoms with Gasteiger partial charge in [-0.05, 0) is 23.9 Å². The molecule has 2 heterocycles. The molecule has 0 bridgehead atoms. The maximum atomic E-state index is 4.41. The molecule has 0 spiro atoms. The molecule has 0 aliphatic rings. The Hall–Kier alpha value is -1.74. The fraction of sp³-hybridized carbons (Fsp3) is 0.0769. The van der Waals surface area contributed by atoms with E-state index in [1.165, 1.54) is 11.1 Å². The van der Waals surface area contributed by atoms with Crippen LogP contribution in [0.15, 0.2) is 42.0 Å². The van der Waals surface area contributed by atoms with Gasteiger partial charge in [0, 0.05) is 5.56 Å².